The first kappa shape index (κ1) is 32.2. The Balaban J connectivity index is 4.18. The van der Waals surface area contributed by atoms with Gasteiger partial charge in [0.25, 0.3) is 0 Å². The Morgan fingerprint density at radius 1 is 1.03 bits per heavy atom. The van der Waals surface area contributed by atoms with Gasteiger partial charge in [0.15, 0.2) is 5.78 Å². The van der Waals surface area contributed by atoms with E-state index in [1.165, 1.54) is 7.11 Å². The summed E-state index contributed by atoms with van der Waals surface area (Å²) in [6, 6.07) is -0.533. The molecule has 0 heterocycles. The molecule has 33 heavy (non-hydrogen) atoms. The molecule has 0 saturated heterocycles. The molecule has 8 nitrogen and oxygen atoms in total. The van der Waals surface area contributed by atoms with Crippen molar-refractivity contribution in [3.8, 4) is 0 Å². The smallest absolute Gasteiger partial charge is 0.246 e. The van der Waals surface area contributed by atoms with Gasteiger partial charge in [0, 0.05) is 31.2 Å². The maximum absolute atomic E-state index is 12.0. The zero-order valence-corrected chi connectivity index (χ0v) is 23.0. The van der Waals surface area contributed by atoms with Crippen LogP contribution in [0, 0.1) is 11.3 Å². The van der Waals surface area contributed by atoms with Crippen LogP contribution in [0.4, 0.5) is 0 Å². The van der Waals surface area contributed by atoms with Crippen molar-refractivity contribution in [3.63, 3.8) is 0 Å². The lowest BCUT2D eigenvalue weighted by atomic mass is 9.85. The number of nitrogens with one attached hydrogen (secondary N) is 1. The summed E-state index contributed by atoms with van der Waals surface area (Å²) in [7, 11) is -1.28. The van der Waals surface area contributed by atoms with Crippen molar-refractivity contribution < 1.29 is 33.2 Å². The molecule has 9 heteroatoms. The van der Waals surface area contributed by atoms with Crippen molar-refractivity contribution in [1.29, 1.82) is 0 Å². The lowest BCUT2D eigenvalue weighted by Gasteiger charge is -2.34. The predicted molar refractivity (Wildman–Crippen MR) is 135 cm³/mol. The molecule has 3 unspecified atom stereocenters. The number of ketones is 1. The second-order valence-electron chi connectivity index (χ2n) is 10.8. The van der Waals surface area contributed by atoms with Crippen LogP contribution in [0.3, 0.4) is 0 Å². The average Bonchev–Trinajstić information content (AvgIpc) is 2.65. The third-order valence-electron chi connectivity index (χ3n) is 5.05. The van der Waals surface area contributed by atoms with Crippen LogP contribution in [0.5, 0.6) is 0 Å². The van der Waals surface area contributed by atoms with Crippen LogP contribution in [0.15, 0.2) is 0 Å². The van der Waals surface area contributed by atoms with Crippen LogP contribution < -0.4 is 5.32 Å². The third kappa shape index (κ3) is 15.7. The van der Waals surface area contributed by atoms with Gasteiger partial charge < -0.3 is 28.9 Å². The van der Waals surface area contributed by atoms with Gasteiger partial charge in [-0.2, -0.15) is 0 Å². The van der Waals surface area contributed by atoms with E-state index in [9.17, 15) is 14.5 Å². The first-order valence-electron chi connectivity index (χ1n) is 11.7. The van der Waals surface area contributed by atoms with Gasteiger partial charge in [-0.1, -0.05) is 47.8 Å². The number of carbonyl (C=O) groups excluding carboxylic acids is 2. The number of hydrogen-bond acceptors (Lipinski definition) is 7. The molecule has 0 aromatic carbocycles. The highest BCUT2D eigenvalue weighted by molar-refractivity contribution is 7.65. The highest BCUT2D eigenvalue weighted by atomic mass is 31.2. The maximum Gasteiger partial charge on any atom is 0.246 e. The maximum atomic E-state index is 12.0. The molecule has 0 radical (unpaired) electrons. The Labute approximate surface area is 201 Å². The van der Waals surface area contributed by atoms with E-state index in [1.54, 1.807) is 6.92 Å². The molecular formula is C24H48NO7P. The summed E-state index contributed by atoms with van der Waals surface area (Å²) < 4.78 is 22.0. The Morgan fingerprint density at radius 3 is 2.18 bits per heavy atom. The van der Waals surface area contributed by atoms with Gasteiger partial charge in [0.1, 0.15) is 13.9 Å². The van der Waals surface area contributed by atoms with Gasteiger partial charge in [0.2, 0.25) is 5.91 Å². The molecule has 0 aliphatic rings. The van der Waals surface area contributed by atoms with Crippen LogP contribution >= 0.6 is 7.34 Å². The first-order chi connectivity index (χ1) is 15.1. The number of Topliss-reactive ketones (excluding diaryl/α,β-unsaturated/α-hetero) is 1. The topological polar surface area (TPSA) is 103 Å². The van der Waals surface area contributed by atoms with Crippen molar-refractivity contribution in [3.05, 3.63) is 0 Å². The Bertz CT molecular complexity index is 625. The quantitative estimate of drug-likeness (QED) is 0.235. The van der Waals surface area contributed by atoms with Crippen LogP contribution in [-0.4, -0.2) is 80.8 Å². The van der Waals surface area contributed by atoms with E-state index >= 15 is 0 Å². The van der Waals surface area contributed by atoms with Crippen molar-refractivity contribution in [2.24, 2.45) is 11.3 Å². The minimum atomic E-state index is -2.72. The zero-order chi connectivity index (χ0) is 25.7. The second-order valence-corrected chi connectivity index (χ2v) is 13.8. The van der Waals surface area contributed by atoms with Crippen molar-refractivity contribution in [1.82, 2.24) is 5.32 Å². The molecule has 0 rings (SSSR count). The zero-order valence-electron chi connectivity index (χ0n) is 22.1. The third-order valence-corrected chi connectivity index (χ3v) is 7.72. The number of hydrogen-bond donors (Lipinski definition) is 2. The average molecular weight is 494 g/mol. The standard InChI is InChI=1S/C24H48NO7P/c1-19(25-22(27)18-29-8)21(26)11-10-12-30-13-14-31-16-20(15-23(2,3)4)17-32-33(9,28)24(5,6)7/h19-20,28H,9-18H2,1-8H3,(H,25,27). The number of amides is 1. The molecule has 0 saturated carbocycles. The molecule has 0 aliphatic heterocycles. The summed E-state index contributed by atoms with van der Waals surface area (Å²) in [5.74, 6) is -0.192. The van der Waals surface area contributed by atoms with E-state index in [-0.39, 0.29) is 34.8 Å². The van der Waals surface area contributed by atoms with Crippen LogP contribution in [0.25, 0.3) is 0 Å². The molecule has 0 bridgehead atoms. The molecule has 0 aromatic rings. The highest BCUT2D eigenvalue weighted by Gasteiger charge is 2.30. The van der Waals surface area contributed by atoms with E-state index in [1.807, 2.05) is 20.8 Å². The van der Waals surface area contributed by atoms with Crippen LogP contribution in [0.1, 0.15) is 67.7 Å². The van der Waals surface area contributed by atoms with Gasteiger partial charge in [-0.05, 0) is 25.2 Å². The Kier molecular flexibility index (Phi) is 14.9. The van der Waals surface area contributed by atoms with E-state index in [0.717, 1.165) is 6.42 Å². The van der Waals surface area contributed by atoms with Crippen LogP contribution in [-0.2, 0) is 28.3 Å². The number of ether oxygens (including phenoxy) is 3. The molecular weight excluding hydrogens is 445 g/mol. The normalized spacial score (nSPS) is 16.2. The summed E-state index contributed by atoms with van der Waals surface area (Å²) in [6.07, 6.45) is 5.75. The van der Waals surface area contributed by atoms with Gasteiger partial charge >= 0.3 is 0 Å². The molecule has 196 valence electrons. The fourth-order valence-electron chi connectivity index (χ4n) is 2.98. The predicted octanol–water partition coefficient (Wildman–Crippen LogP) is 3.66. The van der Waals surface area contributed by atoms with Crippen LogP contribution in [0.2, 0.25) is 0 Å². The lowest BCUT2D eigenvalue weighted by molar-refractivity contribution is -0.129. The summed E-state index contributed by atoms with van der Waals surface area (Å²) in [5, 5.41) is 2.22. The summed E-state index contributed by atoms with van der Waals surface area (Å²) in [6.45, 7) is 16.2. The second kappa shape index (κ2) is 15.3. The Morgan fingerprint density at radius 2 is 1.64 bits per heavy atom. The molecule has 2 N–H and O–H groups in total. The first-order valence-corrected chi connectivity index (χ1v) is 13.5. The molecule has 3 atom stereocenters. The fraction of sp³-hybridized carbons (Fsp3) is 0.875. The minimum absolute atomic E-state index is 0.0344. The van der Waals surface area contributed by atoms with E-state index in [4.69, 9.17) is 18.7 Å². The summed E-state index contributed by atoms with van der Waals surface area (Å²) in [5.41, 5.74) is 0.111. The molecule has 0 aliphatic carbocycles. The van der Waals surface area contributed by atoms with E-state index in [2.05, 4.69) is 32.4 Å². The van der Waals surface area contributed by atoms with E-state index < -0.39 is 13.4 Å². The SMILES string of the molecule is C=P(O)(OCC(COCCOCCCC(=O)C(C)NC(=O)COC)CC(C)(C)C)C(C)(C)C. The van der Waals surface area contributed by atoms with Gasteiger partial charge in [-0.25, -0.2) is 0 Å². The van der Waals surface area contributed by atoms with Crippen molar-refractivity contribution in [2.45, 2.75) is 78.9 Å². The lowest BCUT2D eigenvalue weighted by Crippen LogP contribution is -2.40. The molecule has 0 spiro atoms. The van der Waals surface area contributed by atoms with Gasteiger partial charge in [-0.3, -0.25) is 9.59 Å². The monoisotopic (exact) mass is 493 g/mol. The number of rotatable bonds is 17. The van der Waals surface area contributed by atoms with Gasteiger partial charge in [-0.15, -0.1) is 0 Å². The largest absolute Gasteiger partial charge is 0.379 e. The minimum Gasteiger partial charge on any atom is -0.379 e. The summed E-state index contributed by atoms with van der Waals surface area (Å²) >= 11 is 0. The summed E-state index contributed by atoms with van der Waals surface area (Å²) in [4.78, 5) is 34.1. The molecule has 0 aromatic heterocycles. The molecule has 1 amide bonds. The Hall–Kier alpha value is -0.760. The van der Waals surface area contributed by atoms with Crippen molar-refractivity contribution in [2.75, 3.05) is 46.8 Å². The number of methoxy groups -OCH3 is 1. The van der Waals surface area contributed by atoms with E-state index in [0.29, 0.717) is 45.9 Å². The fourth-order valence-corrected chi connectivity index (χ4v) is 3.83. The number of carbonyl (C=O) groups is 2. The molecule has 0 fully saturated rings. The highest BCUT2D eigenvalue weighted by Crippen LogP contribution is 2.54. The van der Waals surface area contributed by atoms with Crippen molar-refractivity contribution >= 4 is 25.3 Å². The van der Waals surface area contributed by atoms with Gasteiger partial charge in [0.05, 0.1) is 32.5 Å².